The van der Waals surface area contributed by atoms with Gasteiger partial charge in [-0.25, -0.2) is 0 Å². The molecule has 1 atom stereocenters. The number of benzene rings is 1. The van der Waals surface area contributed by atoms with Gasteiger partial charge in [-0.15, -0.1) is 0 Å². The van der Waals surface area contributed by atoms with E-state index in [-0.39, 0.29) is 12.5 Å². The van der Waals surface area contributed by atoms with E-state index >= 15 is 0 Å². The van der Waals surface area contributed by atoms with Crippen LogP contribution in [0.1, 0.15) is 24.5 Å². The topological polar surface area (TPSA) is 66.4 Å². The molecule has 0 fully saturated rings. The molecule has 0 saturated heterocycles. The number of amides is 1. The zero-order valence-corrected chi connectivity index (χ0v) is 12.7. The maximum absolute atomic E-state index is 11.6. The fraction of sp³-hybridized carbons (Fsp3) is 0.429. The van der Waals surface area contributed by atoms with E-state index in [0.717, 1.165) is 15.6 Å². The van der Waals surface area contributed by atoms with Crippen LogP contribution in [-0.2, 0) is 16.0 Å². The van der Waals surface area contributed by atoms with Gasteiger partial charge in [-0.05, 0) is 30.5 Å². The highest BCUT2D eigenvalue weighted by molar-refractivity contribution is 9.10. The van der Waals surface area contributed by atoms with Crippen LogP contribution in [-0.4, -0.2) is 23.5 Å². The Morgan fingerprint density at radius 1 is 1.42 bits per heavy atom. The number of hydrogen-bond donors (Lipinski definition) is 2. The number of carbonyl (C=O) groups is 2. The number of nitrogens with one attached hydrogen (secondary N) is 1. The van der Waals surface area contributed by atoms with Crippen LogP contribution in [0.25, 0.3) is 0 Å². The Morgan fingerprint density at radius 3 is 2.68 bits per heavy atom. The first-order chi connectivity index (χ1) is 8.90. The summed E-state index contributed by atoms with van der Waals surface area (Å²) >= 11 is 3.43. The van der Waals surface area contributed by atoms with Crippen LogP contribution in [0.3, 0.4) is 0 Å². The lowest BCUT2D eigenvalue weighted by molar-refractivity contribution is -0.141. The SMILES string of the molecule is Cc1cc(CCC(=O)NCC(C)C(=O)O)ccc1Br. The van der Waals surface area contributed by atoms with Crippen molar-refractivity contribution < 1.29 is 14.7 Å². The van der Waals surface area contributed by atoms with Crippen molar-refractivity contribution in [3.63, 3.8) is 0 Å². The Balaban J connectivity index is 2.37. The highest BCUT2D eigenvalue weighted by atomic mass is 79.9. The fourth-order valence-electron chi connectivity index (χ4n) is 1.56. The summed E-state index contributed by atoms with van der Waals surface area (Å²) in [4.78, 5) is 22.2. The van der Waals surface area contributed by atoms with Crippen molar-refractivity contribution in [1.29, 1.82) is 0 Å². The Labute approximate surface area is 121 Å². The van der Waals surface area contributed by atoms with Crippen molar-refractivity contribution in [2.24, 2.45) is 5.92 Å². The Kier molecular flexibility index (Phi) is 6.02. The van der Waals surface area contributed by atoms with Crippen molar-refractivity contribution in [2.45, 2.75) is 26.7 Å². The largest absolute Gasteiger partial charge is 0.481 e. The summed E-state index contributed by atoms with van der Waals surface area (Å²) in [6.45, 7) is 3.75. The van der Waals surface area contributed by atoms with E-state index in [1.165, 1.54) is 0 Å². The first-order valence-corrected chi connectivity index (χ1v) is 6.94. The van der Waals surface area contributed by atoms with Gasteiger partial charge in [0.15, 0.2) is 0 Å². The Morgan fingerprint density at radius 2 is 2.11 bits per heavy atom. The standard InChI is InChI=1S/C14H18BrNO3/c1-9-7-11(3-5-12(9)15)4-6-13(17)16-8-10(2)14(18)19/h3,5,7,10H,4,6,8H2,1-2H3,(H,16,17)(H,18,19). The Bertz CT molecular complexity index is 474. The molecule has 2 N–H and O–H groups in total. The molecule has 0 aromatic heterocycles. The zero-order valence-electron chi connectivity index (χ0n) is 11.1. The average molecular weight is 328 g/mol. The molecule has 0 saturated carbocycles. The average Bonchev–Trinajstić information content (AvgIpc) is 2.37. The first kappa shape index (κ1) is 15.7. The van der Waals surface area contributed by atoms with Gasteiger partial charge in [0.05, 0.1) is 5.92 Å². The van der Waals surface area contributed by atoms with E-state index in [1.54, 1.807) is 6.92 Å². The molecule has 1 unspecified atom stereocenters. The number of carbonyl (C=O) groups excluding carboxylic acids is 1. The maximum Gasteiger partial charge on any atom is 0.308 e. The number of aryl methyl sites for hydroxylation is 2. The molecular formula is C14H18BrNO3. The van der Waals surface area contributed by atoms with Gasteiger partial charge < -0.3 is 10.4 Å². The van der Waals surface area contributed by atoms with Crippen molar-refractivity contribution in [3.05, 3.63) is 33.8 Å². The molecule has 0 aliphatic heterocycles. The van der Waals surface area contributed by atoms with Crippen LogP contribution in [0, 0.1) is 12.8 Å². The first-order valence-electron chi connectivity index (χ1n) is 6.14. The molecular weight excluding hydrogens is 310 g/mol. The predicted octanol–water partition coefficient (Wildman–Crippen LogP) is 2.53. The summed E-state index contributed by atoms with van der Waals surface area (Å²) in [6.07, 6.45) is 1.02. The molecule has 1 aromatic carbocycles. The van der Waals surface area contributed by atoms with E-state index < -0.39 is 11.9 Å². The minimum atomic E-state index is -0.899. The second-order valence-electron chi connectivity index (χ2n) is 4.63. The zero-order chi connectivity index (χ0) is 14.4. The minimum Gasteiger partial charge on any atom is -0.481 e. The number of carboxylic acid groups (broad SMARTS) is 1. The third-order valence-corrected chi connectivity index (χ3v) is 3.78. The molecule has 104 valence electrons. The molecule has 0 bridgehead atoms. The molecule has 0 spiro atoms. The second kappa shape index (κ2) is 7.28. The molecule has 1 amide bonds. The van der Waals surface area contributed by atoms with E-state index in [0.29, 0.717) is 12.8 Å². The predicted molar refractivity (Wildman–Crippen MR) is 77.0 cm³/mol. The lowest BCUT2D eigenvalue weighted by atomic mass is 10.1. The highest BCUT2D eigenvalue weighted by Crippen LogP contribution is 2.17. The third-order valence-electron chi connectivity index (χ3n) is 2.89. The molecule has 1 aromatic rings. The van der Waals surface area contributed by atoms with Crippen LogP contribution < -0.4 is 5.32 Å². The molecule has 0 aliphatic carbocycles. The maximum atomic E-state index is 11.6. The summed E-state index contributed by atoms with van der Waals surface area (Å²) in [5.74, 6) is -1.57. The monoisotopic (exact) mass is 327 g/mol. The summed E-state index contributed by atoms with van der Waals surface area (Å²) < 4.78 is 1.05. The molecule has 4 nitrogen and oxygen atoms in total. The van der Waals surface area contributed by atoms with Crippen LogP contribution in [0.2, 0.25) is 0 Å². The number of rotatable bonds is 6. The van der Waals surface area contributed by atoms with Crippen LogP contribution >= 0.6 is 15.9 Å². The number of halogens is 1. The molecule has 5 heteroatoms. The molecule has 1 rings (SSSR count). The van der Waals surface area contributed by atoms with E-state index in [9.17, 15) is 9.59 Å². The van der Waals surface area contributed by atoms with Crippen molar-refractivity contribution in [1.82, 2.24) is 5.32 Å². The van der Waals surface area contributed by atoms with Gasteiger partial charge in [0.25, 0.3) is 0 Å². The summed E-state index contributed by atoms with van der Waals surface area (Å²) in [7, 11) is 0. The Hall–Kier alpha value is -1.36. The lowest BCUT2D eigenvalue weighted by Gasteiger charge is -2.09. The van der Waals surface area contributed by atoms with Gasteiger partial charge in [0.2, 0.25) is 5.91 Å². The third kappa shape index (κ3) is 5.42. The molecule has 0 radical (unpaired) electrons. The van der Waals surface area contributed by atoms with Crippen LogP contribution in [0.5, 0.6) is 0 Å². The summed E-state index contributed by atoms with van der Waals surface area (Å²) in [5, 5.41) is 11.3. The van der Waals surface area contributed by atoms with Crippen molar-refractivity contribution >= 4 is 27.8 Å². The normalized spacial score (nSPS) is 11.9. The molecule has 0 aliphatic rings. The van der Waals surface area contributed by atoms with Gasteiger partial charge in [-0.3, -0.25) is 9.59 Å². The van der Waals surface area contributed by atoms with Crippen LogP contribution in [0.4, 0.5) is 0 Å². The smallest absolute Gasteiger partial charge is 0.308 e. The molecule has 19 heavy (non-hydrogen) atoms. The quantitative estimate of drug-likeness (QED) is 0.843. The summed E-state index contributed by atoms with van der Waals surface area (Å²) in [6, 6.07) is 5.98. The van der Waals surface area contributed by atoms with Gasteiger partial charge in [-0.2, -0.15) is 0 Å². The van der Waals surface area contributed by atoms with E-state index in [4.69, 9.17) is 5.11 Å². The van der Waals surface area contributed by atoms with Gasteiger partial charge in [0, 0.05) is 17.4 Å². The van der Waals surface area contributed by atoms with Crippen molar-refractivity contribution in [3.8, 4) is 0 Å². The van der Waals surface area contributed by atoms with Gasteiger partial charge in [-0.1, -0.05) is 35.0 Å². The van der Waals surface area contributed by atoms with Crippen molar-refractivity contribution in [2.75, 3.05) is 6.54 Å². The number of aliphatic carboxylic acids is 1. The molecule has 0 heterocycles. The van der Waals surface area contributed by atoms with E-state index in [1.807, 2.05) is 25.1 Å². The number of carboxylic acids is 1. The second-order valence-corrected chi connectivity index (χ2v) is 5.48. The van der Waals surface area contributed by atoms with Gasteiger partial charge in [0.1, 0.15) is 0 Å². The van der Waals surface area contributed by atoms with E-state index in [2.05, 4.69) is 21.2 Å². The van der Waals surface area contributed by atoms with Crippen LogP contribution in [0.15, 0.2) is 22.7 Å². The van der Waals surface area contributed by atoms with Gasteiger partial charge >= 0.3 is 5.97 Å². The highest BCUT2D eigenvalue weighted by Gasteiger charge is 2.12. The lowest BCUT2D eigenvalue weighted by Crippen LogP contribution is -2.31. The number of hydrogen-bond acceptors (Lipinski definition) is 2. The summed E-state index contributed by atoms with van der Waals surface area (Å²) in [5.41, 5.74) is 2.24. The minimum absolute atomic E-state index is 0.117. The fourth-order valence-corrected chi connectivity index (χ4v) is 1.81.